The lowest BCUT2D eigenvalue weighted by Crippen LogP contribution is -2.48. The molecule has 0 saturated carbocycles. The van der Waals surface area contributed by atoms with E-state index in [1.807, 2.05) is 0 Å². The minimum atomic E-state index is -1.74. The lowest BCUT2D eigenvalue weighted by Gasteiger charge is -2.42. The van der Waals surface area contributed by atoms with Crippen molar-refractivity contribution in [3.05, 3.63) is 47.1 Å². The van der Waals surface area contributed by atoms with Gasteiger partial charge in [-0.3, -0.25) is 0 Å². The zero-order valence-electron chi connectivity index (χ0n) is 22.6. The van der Waals surface area contributed by atoms with Crippen LogP contribution < -0.4 is 0 Å². The first-order valence-electron chi connectivity index (χ1n) is 12.7. The maximum Gasteiger partial charge on any atom is 0.200 e. The van der Waals surface area contributed by atoms with Crippen molar-refractivity contribution < 1.29 is 4.43 Å². The van der Waals surface area contributed by atoms with Gasteiger partial charge in [-0.2, -0.15) is 0 Å². The summed E-state index contributed by atoms with van der Waals surface area (Å²) in [5, 5.41) is 0. The highest BCUT2D eigenvalue weighted by Crippen LogP contribution is 2.42. The molecule has 1 nitrogen and oxygen atoms in total. The quantitative estimate of drug-likeness (QED) is 0.227. The number of rotatable bonds is 11. The van der Waals surface area contributed by atoms with Gasteiger partial charge in [0, 0.05) is 6.61 Å². The van der Waals surface area contributed by atoms with Crippen molar-refractivity contribution in [3.63, 3.8) is 0 Å². The van der Waals surface area contributed by atoms with Crippen LogP contribution in [0.1, 0.15) is 102 Å². The average Bonchev–Trinajstić information content (AvgIpc) is 2.63. The first-order chi connectivity index (χ1) is 14.3. The molecule has 2 heteroatoms. The van der Waals surface area contributed by atoms with E-state index in [-0.39, 0.29) is 0 Å². The number of hydrogen-bond acceptors (Lipinski definition) is 1. The number of hydrogen-bond donors (Lipinski definition) is 0. The van der Waals surface area contributed by atoms with E-state index in [1.54, 1.807) is 5.57 Å². The Labute approximate surface area is 196 Å². The fourth-order valence-corrected chi connectivity index (χ4v) is 11.2. The van der Waals surface area contributed by atoms with Crippen LogP contribution in [0.3, 0.4) is 0 Å². The second-order valence-corrected chi connectivity index (χ2v) is 17.0. The molecule has 0 aliphatic heterocycles. The zero-order chi connectivity index (χ0) is 23.8. The number of allylic oxidation sites excluding steroid dienone is 8. The fourth-order valence-electron chi connectivity index (χ4n) is 5.70. The molecule has 178 valence electrons. The van der Waals surface area contributed by atoms with Crippen LogP contribution in [0.5, 0.6) is 0 Å². The van der Waals surface area contributed by atoms with E-state index in [2.05, 4.69) is 107 Å². The molecule has 0 amide bonds. The van der Waals surface area contributed by atoms with Gasteiger partial charge in [-0.25, -0.2) is 0 Å². The van der Waals surface area contributed by atoms with Crippen molar-refractivity contribution in [2.45, 2.75) is 118 Å². The van der Waals surface area contributed by atoms with Crippen LogP contribution in [0.2, 0.25) is 16.6 Å². The van der Waals surface area contributed by atoms with Crippen molar-refractivity contribution in [2.24, 2.45) is 11.3 Å². The smallest absolute Gasteiger partial charge is 0.200 e. The van der Waals surface area contributed by atoms with Crippen LogP contribution in [-0.2, 0) is 4.43 Å². The summed E-state index contributed by atoms with van der Waals surface area (Å²) >= 11 is 0. The molecule has 0 fully saturated rings. The van der Waals surface area contributed by atoms with Gasteiger partial charge < -0.3 is 4.43 Å². The minimum absolute atomic E-state index is 0.309. The Morgan fingerprint density at radius 2 is 1.61 bits per heavy atom. The summed E-state index contributed by atoms with van der Waals surface area (Å²) in [5.74, 6) is 0.536. The van der Waals surface area contributed by atoms with Gasteiger partial charge in [0.15, 0.2) is 8.32 Å². The Morgan fingerprint density at radius 3 is 2.13 bits per heavy atom. The molecule has 1 aliphatic carbocycles. The summed E-state index contributed by atoms with van der Waals surface area (Å²) < 4.78 is 6.72. The largest absolute Gasteiger partial charge is 0.416 e. The van der Waals surface area contributed by atoms with Gasteiger partial charge in [0.05, 0.1) is 0 Å². The Balaban J connectivity index is 2.65. The Hall–Kier alpha value is -0.863. The predicted octanol–water partition coefficient (Wildman–Crippen LogP) is 9.79. The van der Waals surface area contributed by atoms with Gasteiger partial charge in [0.1, 0.15) is 0 Å². The van der Waals surface area contributed by atoms with Crippen LogP contribution in [0.4, 0.5) is 0 Å². The zero-order valence-corrected chi connectivity index (χ0v) is 23.6. The standard InChI is InChI=1S/C29H52OSi/c1-22(2)31(23(3)4,24(5)6)30-21-19-26(8)15-12-14-25(7)17-18-28-27(9)16-13-20-29(28,10)11/h12,14-15,17-18,22-24,26H,13,16,19-21H2,1-11H3. The second-order valence-electron chi connectivity index (χ2n) is 11.5. The third kappa shape index (κ3) is 7.89. The molecule has 0 aromatic rings. The van der Waals surface area contributed by atoms with E-state index < -0.39 is 8.32 Å². The summed E-state index contributed by atoms with van der Waals surface area (Å²) in [4.78, 5) is 0. The van der Waals surface area contributed by atoms with Crippen LogP contribution in [-0.4, -0.2) is 14.9 Å². The molecule has 0 aromatic carbocycles. The van der Waals surface area contributed by atoms with Crippen LogP contribution in [0.15, 0.2) is 47.1 Å². The Bertz CT molecular complexity index is 651. The summed E-state index contributed by atoms with van der Waals surface area (Å²) in [6.45, 7) is 26.6. The van der Waals surface area contributed by atoms with Crippen molar-refractivity contribution in [2.75, 3.05) is 6.61 Å². The van der Waals surface area contributed by atoms with Gasteiger partial charge in [-0.05, 0) is 73.1 Å². The summed E-state index contributed by atoms with van der Waals surface area (Å²) in [5.41, 5.74) is 6.69. The van der Waals surface area contributed by atoms with E-state index in [0.717, 1.165) is 13.0 Å². The molecule has 0 heterocycles. The Kier molecular flexibility index (Phi) is 11.3. The molecule has 1 atom stereocenters. The minimum Gasteiger partial charge on any atom is -0.416 e. The highest BCUT2D eigenvalue weighted by atomic mass is 28.4. The maximum absolute atomic E-state index is 6.72. The van der Waals surface area contributed by atoms with E-state index in [1.165, 1.54) is 30.4 Å². The molecule has 31 heavy (non-hydrogen) atoms. The molecule has 0 saturated heterocycles. The van der Waals surface area contributed by atoms with Gasteiger partial charge in [-0.15, -0.1) is 0 Å². The molecular formula is C29H52OSi. The predicted molar refractivity (Wildman–Crippen MR) is 143 cm³/mol. The third-order valence-electron chi connectivity index (χ3n) is 7.49. The molecule has 0 spiro atoms. The first-order valence-corrected chi connectivity index (χ1v) is 14.9. The monoisotopic (exact) mass is 444 g/mol. The maximum atomic E-state index is 6.72. The highest BCUT2D eigenvalue weighted by molar-refractivity contribution is 6.77. The SMILES string of the molecule is CC(C=CC1=C(C)CCCC1(C)C)=CC=CC(C)CCO[Si](C(C)C)(C(C)C)C(C)C. The van der Waals surface area contributed by atoms with Crippen molar-refractivity contribution in [1.82, 2.24) is 0 Å². The van der Waals surface area contributed by atoms with Crippen molar-refractivity contribution in [3.8, 4) is 0 Å². The van der Waals surface area contributed by atoms with E-state index in [0.29, 0.717) is 28.0 Å². The lowest BCUT2D eigenvalue weighted by molar-refractivity contribution is 0.260. The topological polar surface area (TPSA) is 9.23 Å². The third-order valence-corrected chi connectivity index (χ3v) is 13.6. The molecule has 0 radical (unpaired) electrons. The average molecular weight is 445 g/mol. The Morgan fingerprint density at radius 1 is 1.03 bits per heavy atom. The van der Waals surface area contributed by atoms with Gasteiger partial charge in [0.2, 0.25) is 0 Å². The molecular weight excluding hydrogens is 392 g/mol. The highest BCUT2D eigenvalue weighted by Gasteiger charge is 2.44. The lowest BCUT2D eigenvalue weighted by atomic mass is 9.72. The molecule has 1 aliphatic rings. The summed E-state index contributed by atoms with van der Waals surface area (Å²) in [6.07, 6.45) is 16.4. The summed E-state index contributed by atoms with van der Waals surface area (Å²) in [6, 6.07) is 0. The van der Waals surface area contributed by atoms with Crippen molar-refractivity contribution in [1.29, 1.82) is 0 Å². The fraction of sp³-hybridized carbons (Fsp3) is 0.724. The van der Waals surface area contributed by atoms with E-state index in [9.17, 15) is 0 Å². The molecule has 1 rings (SSSR count). The molecule has 1 unspecified atom stereocenters. The second kappa shape index (κ2) is 12.4. The summed E-state index contributed by atoms with van der Waals surface area (Å²) in [7, 11) is -1.74. The van der Waals surface area contributed by atoms with Gasteiger partial charge in [0.25, 0.3) is 0 Å². The van der Waals surface area contributed by atoms with Crippen LogP contribution in [0.25, 0.3) is 0 Å². The van der Waals surface area contributed by atoms with Crippen LogP contribution in [0, 0.1) is 11.3 Å². The van der Waals surface area contributed by atoms with Gasteiger partial charge >= 0.3 is 0 Å². The van der Waals surface area contributed by atoms with E-state index >= 15 is 0 Å². The van der Waals surface area contributed by atoms with E-state index in [4.69, 9.17) is 4.43 Å². The molecule has 0 bridgehead atoms. The first kappa shape index (κ1) is 28.2. The molecule has 0 aromatic heterocycles. The molecule has 0 N–H and O–H groups in total. The van der Waals surface area contributed by atoms with Gasteiger partial charge in [-0.1, -0.05) is 104 Å². The normalized spacial score (nSPS) is 19.6. The van der Waals surface area contributed by atoms with Crippen molar-refractivity contribution >= 4 is 8.32 Å². The van der Waals surface area contributed by atoms with Crippen LogP contribution >= 0.6 is 0 Å².